The van der Waals surface area contributed by atoms with Crippen molar-refractivity contribution in [1.29, 1.82) is 0 Å². The average molecular weight is 485 g/mol. The third-order valence-electron chi connectivity index (χ3n) is 5.23. The Kier molecular flexibility index (Phi) is 6.26. The van der Waals surface area contributed by atoms with Gasteiger partial charge in [0.2, 0.25) is 0 Å². The number of carbonyl (C=O) groups excluding carboxylic acids is 2. The van der Waals surface area contributed by atoms with E-state index in [1.807, 2.05) is 0 Å². The molecular formula is C24H18Cl2N2O5. The van der Waals surface area contributed by atoms with Gasteiger partial charge in [0.25, 0.3) is 11.7 Å². The van der Waals surface area contributed by atoms with Crippen LogP contribution in [-0.2, 0) is 9.59 Å². The molecule has 0 bridgehead atoms. The van der Waals surface area contributed by atoms with Gasteiger partial charge in [-0.2, -0.15) is 0 Å². The molecule has 1 unspecified atom stereocenters. The summed E-state index contributed by atoms with van der Waals surface area (Å²) in [5.74, 6) is -1.46. The van der Waals surface area contributed by atoms with Gasteiger partial charge in [0, 0.05) is 16.9 Å². The number of hydrogen-bond acceptors (Lipinski definition) is 6. The number of rotatable bonds is 5. The quantitative estimate of drug-likeness (QED) is 0.310. The number of carbonyl (C=O) groups is 2. The molecule has 1 saturated heterocycles. The largest absolute Gasteiger partial charge is 0.507 e. The van der Waals surface area contributed by atoms with Crippen LogP contribution in [0.3, 0.4) is 0 Å². The maximum Gasteiger partial charge on any atom is 0.300 e. The first kappa shape index (κ1) is 22.6. The van der Waals surface area contributed by atoms with Gasteiger partial charge >= 0.3 is 0 Å². The van der Waals surface area contributed by atoms with E-state index in [2.05, 4.69) is 4.98 Å². The lowest BCUT2D eigenvalue weighted by Crippen LogP contribution is -2.29. The molecule has 9 heteroatoms. The van der Waals surface area contributed by atoms with Gasteiger partial charge < -0.3 is 14.6 Å². The van der Waals surface area contributed by atoms with Crippen molar-refractivity contribution < 1.29 is 24.2 Å². The summed E-state index contributed by atoms with van der Waals surface area (Å²) in [7, 11) is 2.90. The molecule has 1 aliphatic rings. The van der Waals surface area contributed by atoms with Crippen LogP contribution in [0.15, 0.2) is 66.4 Å². The first-order valence-corrected chi connectivity index (χ1v) is 10.5. The van der Waals surface area contributed by atoms with Crippen LogP contribution in [0.2, 0.25) is 10.0 Å². The van der Waals surface area contributed by atoms with Crippen molar-refractivity contribution in [3.05, 3.63) is 87.7 Å². The molecule has 0 aliphatic carbocycles. The van der Waals surface area contributed by atoms with Crippen molar-refractivity contribution in [3.8, 4) is 11.5 Å². The molecule has 0 radical (unpaired) electrons. The number of Topliss-reactive ketones (excluding diaryl/α,β-unsaturated/α-hetero) is 1. The normalized spacial score (nSPS) is 17.3. The fourth-order valence-electron chi connectivity index (χ4n) is 3.75. The SMILES string of the molecule is COc1ccc(N2C(=O)C(=O)/C(=C(/O)c3cc(Cl)cc(Cl)c3OC)C2c2ccccn2)cc1. The molecule has 168 valence electrons. The lowest BCUT2D eigenvalue weighted by Gasteiger charge is -2.25. The highest BCUT2D eigenvalue weighted by Crippen LogP contribution is 2.44. The van der Waals surface area contributed by atoms with Gasteiger partial charge in [-0.3, -0.25) is 19.5 Å². The molecule has 0 saturated carbocycles. The molecule has 3 aromatic rings. The molecule has 1 amide bonds. The zero-order chi connectivity index (χ0) is 23.7. The Morgan fingerprint density at radius 3 is 2.36 bits per heavy atom. The number of aliphatic hydroxyl groups excluding tert-OH is 1. The predicted octanol–water partition coefficient (Wildman–Crippen LogP) is 5.03. The van der Waals surface area contributed by atoms with E-state index in [1.54, 1.807) is 48.7 Å². The summed E-state index contributed by atoms with van der Waals surface area (Å²) in [5, 5.41) is 11.6. The van der Waals surface area contributed by atoms with Crippen LogP contribution in [0.4, 0.5) is 5.69 Å². The van der Waals surface area contributed by atoms with E-state index in [1.165, 1.54) is 31.3 Å². The predicted molar refractivity (Wildman–Crippen MR) is 125 cm³/mol. The molecule has 4 rings (SSSR count). The number of anilines is 1. The topological polar surface area (TPSA) is 89.0 Å². The molecule has 1 aromatic heterocycles. The third kappa shape index (κ3) is 4.01. The minimum absolute atomic E-state index is 0.0867. The lowest BCUT2D eigenvalue weighted by atomic mass is 9.97. The Labute approximate surface area is 199 Å². The molecule has 1 atom stereocenters. The van der Waals surface area contributed by atoms with E-state index in [0.717, 1.165) is 0 Å². The summed E-state index contributed by atoms with van der Waals surface area (Å²) in [6.45, 7) is 0. The molecule has 7 nitrogen and oxygen atoms in total. The summed E-state index contributed by atoms with van der Waals surface area (Å²) in [4.78, 5) is 32.0. The van der Waals surface area contributed by atoms with Crippen LogP contribution in [0.1, 0.15) is 17.3 Å². The standard InChI is InChI=1S/C24H18Cl2N2O5/c1-32-15-8-6-14(7-9-15)28-20(18-5-3-4-10-27-18)19(22(30)24(28)31)21(29)16-11-13(25)12-17(26)23(16)33-2/h3-12,20,29H,1-2H3/b21-19+. The van der Waals surface area contributed by atoms with Crippen LogP contribution in [0, 0.1) is 0 Å². The maximum absolute atomic E-state index is 13.2. The fourth-order valence-corrected chi connectivity index (χ4v) is 4.32. The fraction of sp³-hybridized carbons (Fsp3) is 0.125. The number of benzene rings is 2. The Hall–Kier alpha value is -3.55. The maximum atomic E-state index is 13.2. The number of aromatic nitrogens is 1. The first-order valence-electron chi connectivity index (χ1n) is 9.76. The highest BCUT2D eigenvalue weighted by Gasteiger charge is 2.48. The number of pyridine rings is 1. The summed E-state index contributed by atoms with van der Waals surface area (Å²) in [5.41, 5.74) is 0.750. The minimum Gasteiger partial charge on any atom is -0.507 e. The summed E-state index contributed by atoms with van der Waals surface area (Å²) >= 11 is 12.4. The van der Waals surface area contributed by atoms with E-state index in [0.29, 0.717) is 17.1 Å². The first-order chi connectivity index (χ1) is 15.9. The number of methoxy groups -OCH3 is 2. The monoisotopic (exact) mass is 484 g/mol. The second-order valence-corrected chi connectivity index (χ2v) is 7.93. The van der Waals surface area contributed by atoms with Crippen molar-refractivity contribution >= 4 is 46.3 Å². The molecule has 0 spiro atoms. The molecule has 1 N–H and O–H groups in total. The van der Waals surface area contributed by atoms with E-state index in [-0.39, 0.29) is 26.9 Å². The molecule has 2 aromatic carbocycles. The highest BCUT2D eigenvalue weighted by atomic mass is 35.5. The lowest BCUT2D eigenvalue weighted by molar-refractivity contribution is -0.132. The number of ether oxygens (including phenoxy) is 2. The van der Waals surface area contributed by atoms with E-state index in [4.69, 9.17) is 32.7 Å². The number of hydrogen-bond donors (Lipinski definition) is 1. The van der Waals surface area contributed by atoms with Gasteiger partial charge in [-0.15, -0.1) is 0 Å². The van der Waals surface area contributed by atoms with Gasteiger partial charge in [-0.1, -0.05) is 29.3 Å². The van der Waals surface area contributed by atoms with Gasteiger partial charge in [-0.05, 0) is 48.5 Å². The van der Waals surface area contributed by atoms with Crippen molar-refractivity contribution in [2.75, 3.05) is 19.1 Å². The van der Waals surface area contributed by atoms with Crippen molar-refractivity contribution in [2.45, 2.75) is 6.04 Å². The third-order valence-corrected chi connectivity index (χ3v) is 5.73. The Morgan fingerprint density at radius 2 is 1.76 bits per heavy atom. The van der Waals surface area contributed by atoms with Crippen molar-refractivity contribution in [3.63, 3.8) is 0 Å². The molecule has 1 fully saturated rings. The summed E-state index contributed by atoms with van der Waals surface area (Å²) in [6, 6.07) is 13.6. The summed E-state index contributed by atoms with van der Waals surface area (Å²) < 4.78 is 10.5. The number of amides is 1. The van der Waals surface area contributed by atoms with Crippen LogP contribution in [-0.4, -0.2) is 36.0 Å². The van der Waals surface area contributed by atoms with E-state index in [9.17, 15) is 14.7 Å². The van der Waals surface area contributed by atoms with Gasteiger partial charge in [0.05, 0.1) is 36.1 Å². The zero-order valence-corrected chi connectivity index (χ0v) is 19.1. The van der Waals surface area contributed by atoms with Crippen LogP contribution < -0.4 is 14.4 Å². The second-order valence-electron chi connectivity index (χ2n) is 7.09. The number of halogens is 2. The summed E-state index contributed by atoms with van der Waals surface area (Å²) in [6.07, 6.45) is 1.54. The molecule has 33 heavy (non-hydrogen) atoms. The van der Waals surface area contributed by atoms with Gasteiger partial charge in [0.15, 0.2) is 0 Å². The smallest absolute Gasteiger partial charge is 0.300 e. The minimum atomic E-state index is -0.998. The molecule has 2 heterocycles. The highest BCUT2D eigenvalue weighted by molar-refractivity contribution is 6.51. The Bertz CT molecular complexity index is 1260. The van der Waals surface area contributed by atoms with Crippen molar-refractivity contribution in [1.82, 2.24) is 4.98 Å². The van der Waals surface area contributed by atoms with Gasteiger partial charge in [-0.25, -0.2) is 0 Å². The molecule has 1 aliphatic heterocycles. The second kappa shape index (κ2) is 9.13. The Balaban J connectivity index is 1.97. The number of ketones is 1. The van der Waals surface area contributed by atoms with Crippen LogP contribution in [0.25, 0.3) is 5.76 Å². The van der Waals surface area contributed by atoms with Crippen LogP contribution in [0.5, 0.6) is 11.5 Å². The van der Waals surface area contributed by atoms with Crippen molar-refractivity contribution in [2.24, 2.45) is 0 Å². The number of nitrogens with zero attached hydrogens (tertiary/aromatic N) is 2. The van der Waals surface area contributed by atoms with Crippen LogP contribution >= 0.6 is 23.2 Å². The Morgan fingerprint density at radius 1 is 1.03 bits per heavy atom. The zero-order valence-electron chi connectivity index (χ0n) is 17.6. The van der Waals surface area contributed by atoms with E-state index < -0.39 is 23.5 Å². The number of aliphatic hydroxyl groups is 1. The van der Waals surface area contributed by atoms with Gasteiger partial charge in [0.1, 0.15) is 23.3 Å². The molecular weight excluding hydrogens is 467 g/mol. The average Bonchev–Trinajstić information content (AvgIpc) is 3.09. The van der Waals surface area contributed by atoms with E-state index >= 15 is 0 Å².